The number of amides is 2. The fourth-order valence-corrected chi connectivity index (χ4v) is 3.12. The van der Waals surface area contributed by atoms with Crippen molar-refractivity contribution in [3.8, 4) is 0 Å². The van der Waals surface area contributed by atoms with Crippen LogP contribution in [0.5, 0.6) is 0 Å². The fourth-order valence-electron chi connectivity index (χ4n) is 2.94. The Bertz CT molecular complexity index is 544. The number of ether oxygens (including phenoxy) is 2. The van der Waals surface area contributed by atoms with E-state index in [1.807, 2.05) is 19.1 Å². The first-order valence-electron chi connectivity index (χ1n) is 7.19. The standard InChI is InChI=1S/C15H19ClN2O3/c1-10-3-2-4-12(13(10)16)18-14(19)17-11-5-6-15(9-11)20-7-8-21-15/h2-4,11H,5-9H2,1H3,(H2,17,18,19)/t11-/m0/s1. The maximum absolute atomic E-state index is 12.1. The van der Waals surface area contributed by atoms with Crippen LogP contribution in [0.15, 0.2) is 18.2 Å². The van der Waals surface area contributed by atoms with Gasteiger partial charge in [-0.2, -0.15) is 0 Å². The van der Waals surface area contributed by atoms with Crippen LogP contribution >= 0.6 is 11.6 Å². The zero-order valence-corrected chi connectivity index (χ0v) is 12.7. The number of halogens is 1. The van der Waals surface area contributed by atoms with Gasteiger partial charge in [0.1, 0.15) is 0 Å². The van der Waals surface area contributed by atoms with E-state index in [0.29, 0.717) is 30.3 Å². The molecule has 0 radical (unpaired) electrons. The number of aryl methyl sites for hydroxylation is 1. The number of benzene rings is 1. The number of urea groups is 1. The minimum Gasteiger partial charge on any atom is -0.347 e. The summed E-state index contributed by atoms with van der Waals surface area (Å²) in [6.45, 7) is 3.18. The second-order valence-electron chi connectivity index (χ2n) is 5.58. The highest BCUT2D eigenvalue weighted by Crippen LogP contribution is 2.37. The van der Waals surface area contributed by atoms with Crippen LogP contribution in [0, 0.1) is 6.92 Å². The molecule has 0 aromatic heterocycles. The van der Waals surface area contributed by atoms with Crippen LogP contribution in [-0.4, -0.2) is 31.1 Å². The van der Waals surface area contributed by atoms with Crippen molar-refractivity contribution in [2.24, 2.45) is 0 Å². The molecule has 2 amide bonds. The van der Waals surface area contributed by atoms with Crippen LogP contribution in [0.1, 0.15) is 24.8 Å². The fraction of sp³-hybridized carbons (Fsp3) is 0.533. The van der Waals surface area contributed by atoms with E-state index in [-0.39, 0.29) is 12.1 Å². The Morgan fingerprint density at radius 3 is 2.90 bits per heavy atom. The topological polar surface area (TPSA) is 59.6 Å². The van der Waals surface area contributed by atoms with Crippen LogP contribution in [0.4, 0.5) is 10.5 Å². The Kier molecular flexibility index (Phi) is 4.06. The van der Waals surface area contributed by atoms with Crippen molar-refractivity contribution in [2.75, 3.05) is 18.5 Å². The van der Waals surface area contributed by atoms with Crippen molar-refractivity contribution in [1.29, 1.82) is 0 Å². The second-order valence-corrected chi connectivity index (χ2v) is 5.96. The third-order valence-electron chi connectivity index (χ3n) is 4.02. The van der Waals surface area contributed by atoms with E-state index in [1.165, 1.54) is 0 Å². The molecule has 1 saturated heterocycles. The Morgan fingerprint density at radius 1 is 1.38 bits per heavy atom. The maximum Gasteiger partial charge on any atom is 0.319 e. The van der Waals surface area contributed by atoms with Gasteiger partial charge >= 0.3 is 6.03 Å². The highest BCUT2D eigenvalue weighted by atomic mass is 35.5. The molecule has 1 spiro atoms. The normalized spacial score (nSPS) is 23.4. The van der Waals surface area contributed by atoms with E-state index in [2.05, 4.69) is 10.6 Å². The first-order chi connectivity index (χ1) is 10.1. The smallest absolute Gasteiger partial charge is 0.319 e. The van der Waals surface area contributed by atoms with E-state index >= 15 is 0 Å². The van der Waals surface area contributed by atoms with Gasteiger partial charge < -0.3 is 20.1 Å². The molecule has 3 rings (SSSR count). The van der Waals surface area contributed by atoms with Crippen molar-refractivity contribution >= 4 is 23.3 Å². The minimum absolute atomic E-state index is 0.0617. The van der Waals surface area contributed by atoms with Crippen LogP contribution in [-0.2, 0) is 9.47 Å². The summed E-state index contributed by atoms with van der Waals surface area (Å²) in [6.07, 6.45) is 2.38. The van der Waals surface area contributed by atoms with Gasteiger partial charge in [0, 0.05) is 18.9 Å². The van der Waals surface area contributed by atoms with E-state index in [0.717, 1.165) is 18.4 Å². The monoisotopic (exact) mass is 310 g/mol. The summed E-state index contributed by atoms with van der Waals surface area (Å²) in [5.74, 6) is -0.473. The summed E-state index contributed by atoms with van der Waals surface area (Å²) in [7, 11) is 0. The lowest BCUT2D eigenvalue weighted by Gasteiger charge is -2.21. The molecular formula is C15H19ClN2O3. The Hall–Kier alpha value is -1.30. The highest BCUT2D eigenvalue weighted by Gasteiger charge is 2.44. The van der Waals surface area contributed by atoms with Crippen molar-refractivity contribution in [2.45, 2.75) is 38.0 Å². The van der Waals surface area contributed by atoms with Crippen molar-refractivity contribution < 1.29 is 14.3 Å². The van der Waals surface area contributed by atoms with Gasteiger partial charge in [-0.05, 0) is 25.0 Å². The zero-order valence-electron chi connectivity index (χ0n) is 11.9. The molecule has 114 valence electrons. The Labute approximate surface area is 128 Å². The first-order valence-corrected chi connectivity index (χ1v) is 7.56. The first kappa shape index (κ1) is 14.6. The number of nitrogens with one attached hydrogen (secondary N) is 2. The Morgan fingerprint density at radius 2 is 2.14 bits per heavy atom. The predicted molar refractivity (Wildman–Crippen MR) is 80.6 cm³/mol. The van der Waals surface area contributed by atoms with Crippen molar-refractivity contribution in [3.63, 3.8) is 0 Å². The summed E-state index contributed by atoms with van der Waals surface area (Å²) in [6, 6.07) is 5.37. The second kappa shape index (κ2) is 5.83. The highest BCUT2D eigenvalue weighted by molar-refractivity contribution is 6.34. The van der Waals surface area contributed by atoms with Gasteiger partial charge in [-0.1, -0.05) is 23.7 Å². The van der Waals surface area contributed by atoms with E-state index in [1.54, 1.807) is 6.07 Å². The van der Waals surface area contributed by atoms with Gasteiger partial charge in [0.05, 0.1) is 23.9 Å². The molecule has 21 heavy (non-hydrogen) atoms. The third kappa shape index (κ3) is 3.15. The van der Waals surface area contributed by atoms with Gasteiger partial charge in [0.25, 0.3) is 0 Å². The number of carbonyl (C=O) groups excluding carboxylic acids is 1. The molecule has 2 fully saturated rings. The van der Waals surface area contributed by atoms with Crippen molar-refractivity contribution in [3.05, 3.63) is 28.8 Å². The van der Waals surface area contributed by atoms with Gasteiger partial charge in [-0.15, -0.1) is 0 Å². The molecule has 2 N–H and O–H groups in total. The van der Waals surface area contributed by atoms with E-state index < -0.39 is 5.79 Å². The van der Waals surface area contributed by atoms with E-state index in [9.17, 15) is 4.79 Å². The van der Waals surface area contributed by atoms with Crippen LogP contribution in [0.2, 0.25) is 5.02 Å². The summed E-state index contributed by atoms with van der Waals surface area (Å²) < 4.78 is 11.3. The van der Waals surface area contributed by atoms with Crippen LogP contribution in [0.3, 0.4) is 0 Å². The molecule has 2 aliphatic rings. The molecule has 1 aliphatic heterocycles. The molecule has 0 unspecified atom stereocenters. The molecule has 5 nitrogen and oxygen atoms in total. The molecule has 1 aromatic carbocycles. The minimum atomic E-state index is -0.473. The molecular weight excluding hydrogens is 292 g/mol. The largest absolute Gasteiger partial charge is 0.347 e. The Balaban J connectivity index is 1.56. The summed E-state index contributed by atoms with van der Waals surface area (Å²) in [4.78, 5) is 12.1. The lowest BCUT2D eigenvalue weighted by Crippen LogP contribution is -2.38. The van der Waals surface area contributed by atoms with E-state index in [4.69, 9.17) is 21.1 Å². The lowest BCUT2D eigenvalue weighted by atomic mass is 10.2. The van der Waals surface area contributed by atoms with Gasteiger partial charge in [-0.3, -0.25) is 0 Å². The summed E-state index contributed by atoms with van der Waals surface area (Å²) in [5, 5.41) is 6.32. The van der Waals surface area contributed by atoms with Gasteiger partial charge in [0.15, 0.2) is 5.79 Å². The summed E-state index contributed by atoms with van der Waals surface area (Å²) in [5.41, 5.74) is 1.55. The number of rotatable bonds is 2. The van der Waals surface area contributed by atoms with Gasteiger partial charge in [-0.25, -0.2) is 4.79 Å². The number of hydrogen-bond acceptors (Lipinski definition) is 3. The number of hydrogen-bond donors (Lipinski definition) is 2. The lowest BCUT2D eigenvalue weighted by molar-refractivity contribution is -0.151. The molecule has 6 heteroatoms. The van der Waals surface area contributed by atoms with Crippen LogP contribution < -0.4 is 10.6 Å². The molecule has 1 saturated carbocycles. The maximum atomic E-state index is 12.1. The molecule has 1 atom stereocenters. The third-order valence-corrected chi connectivity index (χ3v) is 4.52. The number of carbonyl (C=O) groups is 1. The SMILES string of the molecule is Cc1cccc(NC(=O)N[C@H]2CCC3(C2)OCCO3)c1Cl. The zero-order chi connectivity index (χ0) is 14.9. The quantitative estimate of drug-likeness (QED) is 0.882. The predicted octanol–water partition coefficient (Wildman–Crippen LogP) is 3.07. The molecule has 1 heterocycles. The molecule has 1 aromatic rings. The van der Waals surface area contributed by atoms with Crippen molar-refractivity contribution in [1.82, 2.24) is 5.32 Å². The van der Waals surface area contributed by atoms with Crippen LogP contribution in [0.25, 0.3) is 0 Å². The average Bonchev–Trinajstić information content (AvgIpc) is 3.06. The average molecular weight is 311 g/mol. The number of anilines is 1. The van der Waals surface area contributed by atoms with Gasteiger partial charge in [0.2, 0.25) is 0 Å². The molecule has 0 bridgehead atoms. The summed E-state index contributed by atoms with van der Waals surface area (Å²) >= 11 is 6.17. The molecule has 1 aliphatic carbocycles.